The summed E-state index contributed by atoms with van der Waals surface area (Å²) < 4.78 is 7.01. The van der Waals surface area contributed by atoms with Crippen LogP contribution in [0.3, 0.4) is 0 Å². The van der Waals surface area contributed by atoms with Crippen molar-refractivity contribution in [1.29, 1.82) is 0 Å². The third-order valence-electron chi connectivity index (χ3n) is 4.97. The van der Waals surface area contributed by atoms with Gasteiger partial charge in [-0.25, -0.2) is 4.68 Å². The van der Waals surface area contributed by atoms with Crippen LogP contribution in [0.25, 0.3) is 11.3 Å². The van der Waals surface area contributed by atoms with Crippen LogP contribution in [0.1, 0.15) is 28.6 Å². The largest absolute Gasteiger partial charge is 0.497 e. The Morgan fingerprint density at radius 2 is 1.96 bits per heavy atom. The highest BCUT2D eigenvalue weighted by atomic mass is 16.5. The maximum absolute atomic E-state index is 12.3. The number of rotatable bonds is 7. The smallest absolute Gasteiger partial charge is 0.269 e. The van der Waals surface area contributed by atoms with E-state index >= 15 is 0 Å². The molecule has 2 aromatic carbocycles. The first-order chi connectivity index (χ1) is 13.7. The Balaban J connectivity index is 1.44. The zero-order chi connectivity index (χ0) is 19.3. The van der Waals surface area contributed by atoms with Crippen molar-refractivity contribution >= 4 is 5.91 Å². The maximum atomic E-state index is 12.3. The molecule has 0 fully saturated rings. The van der Waals surface area contributed by atoms with E-state index in [4.69, 9.17) is 9.84 Å². The summed E-state index contributed by atoms with van der Waals surface area (Å²) in [6.07, 6.45) is 2.00. The summed E-state index contributed by atoms with van der Waals surface area (Å²) in [5.41, 5.74) is 3.66. The van der Waals surface area contributed by atoms with Crippen molar-refractivity contribution in [1.82, 2.24) is 20.4 Å². The molecule has 0 saturated heterocycles. The first-order valence-electron chi connectivity index (χ1n) is 9.54. The normalized spacial score (nSPS) is 15.8. The number of aryl methyl sites for hydroxylation is 1. The summed E-state index contributed by atoms with van der Waals surface area (Å²) in [5, 5.41) is 11.2. The van der Waals surface area contributed by atoms with Gasteiger partial charge in [0.15, 0.2) is 0 Å². The lowest BCUT2D eigenvalue weighted by Crippen LogP contribution is -2.45. The lowest BCUT2D eigenvalue weighted by atomic mass is 10.1. The average molecular weight is 376 g/mol. The summed E-state index contributed by atoms with van der Waals surface area (Å²) in [6, 6.07) is 20.0. The predicted octanol–water partition coefficient (Wildman–Crippen LogP) is 3.02. The fraction of sp³-hybridized carbons (Fsp3) is 0.273. The molecule has 2 heterocycles. The Labute approximate surface area is 164 Å². The van der Waals surface area contributed by atoms with Gasteiger partial charge in [0.1, 0.15) is 17.6 Å². The van der Waals surface area contributed by atoms with Crippen molar-refractivity contribution < 1.29 is 9.53 Å². The topological polar surface area (TPSA) is 68.2 Å². The van der Waals surface area contributed by atoms with E-state index in [1.54, 1.807) is 11.8 Å². The molecule has 3 aromatic rings. The second-order valence-corrected chi connectivity index (χ2v) is 6.86. The molecule has 0 saturated carbocycles. The van der Waals surface area contributed by atoms with Crippen LogP contribution >= 0.6 is 0 Å². The van der Waals surface area contributed by atoms with Gasteiger partial charge in [-0.15, -0.1) is 0 Å². The number of methoxy groups -OCH3 is 1. The maximum Gasteiger partial charge on any atom is 0.269 e. The van der Waals surface area contributed by atoms with Gasteiger partial charge >= 0.3 is 0 Å². The minimum atomic E-state index is -0.0883. The van der Waals surface area contributed by atoms with E-state index in [2.05, 4.69) is 34.9 Å². The van der Waals surface area contributed by atoms with E-state index < -0.39 is 0 Å². The van der Waals surface area contributed by atoms with Gasteiger partial charge in [0, 0.05) is 5.56 Å². The molecule has 6 nitrogen and oxygen atoms in total. The zero-order valence-corrected chi connectivity index (χ0v) is 15.9. The minimum Gasteiger partial charge on any atom is -0.497 e. The molecule has 0 radical (unpaired) electrons. The quantitative estimate of drug-likeness (QED) is 0.622. The molecule has 6 heteroatoms. The van der Waals surface area contributed by atoms with Crippen LogP contribution in [0.2, 0.25) is 0 Å². The standard InChI is InChI=1S/C22H24N4O2/c1-28-18-11-9-17(10-12-18)19-14-20-22(27)24-15-21(26(20)25-19)23-13-5-8-16-6-3-2-4-7-16/h2-4,6-7,9-12,14,21,23H,5,8,13,15H2,1H3,(H,24,27)/t21-/m1/s1. The number of ether oxygens (including phenoxy) is 1. The van der Waals surface area contributed by atoms with Crippen LogP contribution in [0.15, 0.2) is 60.7 Å². The number of aromatic nitrogens is 2. The molecule has 1 amide bonds. The van der Waals surface area contributed by atoms with Crippen molar-refractivity contribution in [2.45, 2.75) is 19.0 Å². The van der Waals surface area contributed by atoms with Crippen molar-refractivity contribution in [3.63, 3.8) is 0 Å². The number of nitrogens with one attached hydrogen (secondary N) is 2. The molecule has 28 heavy (non-hydrogen) atoms. The second-order valence-electron chi connectivity index (χ2n) is 6.86. The number of nitrogens with zero attached hydrogens (tertiary/aromatic N) is 2. The van der Waals surface area contributed by atoms with Gasteiger partial charge in [-0.2, -0.15) is 5.10 Å². The molecule has 1 aromatic heterocycles. The Morgan fingerprint density at radius 1 is 1.18 bits per heavy atom. The van der Waals surface area contributed by atoms with Gasteiger partial charge in [-0.1, -0.05) is 30.3 Å². The van der Waals surface area contributed by atoms with Crippen LogP contribution in [0.5, 0.6) is 5.75 Å². The van der Waals surface area contributed by atoms with Gasteiger partial charge < -0.3 is 10.1 Å². The highest BCUT2D eigenvalue weighted by Gasteiger charge is 2.26. The van der Waals surface area contributed by atoms with E-state index in [-0.39, 0.29) is 12.1 Å². The molecule has 1 aliphatic rings. The molecular weight excluding hydrogens is 352 g/mol. The molecule has 0 spiro atoms. The van der Waals surface area contributed by atoms with E-state index in [0.29, 0.717) is 12.2 Å². The van der Waals surface area contributed by atoms with E-state index in [1.807, 2.05) is 36.4 Å². The monoisotopic (exact) mass is 376 g/mol. The first kappa shape index (κ1) is 18.3. The first-order valence-corrected chi connectivity index (χ1v) is 9.54. The molecule has 144 valence electrons. The van der Waals surface area contributed by atoms with Crippen molar-refractivity contribution in [2.24, 2.45) is 0 Å². The number of carbonyl (C=O) groups excluding carboxylic acids is 1. The number of fused-ring (bicyclic) bond motifs is 1. The minimum absolute atomic E-state index is 0.0459. The average Bonchev–Trinajstić information content (AvgIpc) is 3.20. The van der Waals surface area contributed by atoms with Gasteiger partial charge in [-0.3, -0.25) is 10.1 Å². The van der Waals surface area contributed by atoms with Crippen LogP contribution in [0, 0.1) is 0 Å². The molecular formula is C22H24N4O2. The van der Waals surface area contributed by atoms with Gasteiger partial charge in [-0.05, 0) is 55.3 Å². The Bertz CT molecular complexity index is 935. The highest BCUT2D eigenvalue weighted by molar-refractivity contribution is 5.94. The zero-order valence-electron chi connectivity index (χ0n) is 15.9. The van der Waals surface area contributed by atoms with Gasteiger partial charge in [0.2, 0.25) is 0 Å². The highest BCUT2D eigenvalue weighted by Crippen LogP contribution is 2.24. The molecule has 1 aliphatic heterocycles. The summed E-state index contributed by atoms with van der Waals surface area (Å²) in [5.74, 6) is 0.707. The lowest BCUT2D eigenvalue weighted by Gasteiger charge is -2.25. The summed E-state index contributed by atoms with van der Waals surface area (Å²) in [6.45, 7) is 1.38. The SMILES string of the molecule is COc1ccc(-c2cc3n(n2)[C@@H](NCCCc2ccccc2)CNC3=O)cc1. The molecule has 1 atom stereocenters. The van der Waals surface area contributed by atoms with Gasteiger partial charge in [0.25, 0.3) is 5.91 Å². The molecule has 0 unspecified atom stereocenters. The molecule has 0 aliphatic carbocycles. The summed E-state index contributed by atoms with van der Waals surface area (Å²) in [7, 11) is 1.64. The lowest BCUT2D eigenvalue weighted by molar-refractivity contribution is 0.0900. The van der Waals surface area contributed by atoms with E-state index in [0.717, 1.165) is 36.4 Å². The van der Waals surface area contributed by atoms with Crippen LogP contribution in [-0.2, 0) is 6.42 Å². The van der Waals surface area contributed by atoms with Crippen molar-refractivity contribution in [2.75, 3.05) is 20.2 Å². The predicted molar refractivity (Wildman–Crippen MR) is 108 cm³/mol. The number of amides is 1. The van der Waals surface area contributed by atoms with Crippen LogP contribution in [-0.4, -0.2) is 35.9 Å². The number of benzene rings is 2. The third-order valence-corrected chi connectivity index (χ3v) is 4.97. The summed E-state index contributed by atoms with van der Waals surface area (Å²) >= 11 is 0. The molecule has 0 bridgehead atoms. The molecule has 4 rings (SSSR count). The van der Waals surface area contributed by atoms with Crippen LogP contribution < -0.4 is 15.4 Å². The van der Waals surface area contributed by atoms with E-state index in [9.17, 15) is 4.79 Å². The number of hydrogen-bond acceptors (Lipinski definition) is 4. The Morgan fingerprint density at radius 3 is 2.71 bits per heavy atom. The fourth-order valence-electron chi connectivity index (χ4n) is 3.44. The van der Waals surface area contributed by atoms with Crippen molar-refractivity contribution in [3.8, 4) is 17.0 Å². The Kier molecular flexibility index (Phi) is 5.39. The van der Waals surface area contributed by atoms with Gasteiger partial charge in [0.05, 0.1) is 19.3 Å². The van der Waals surface area contributed by atoms with Crippen LogP contribution in [0.4, 0.5) is 0 Å². The van der Waals surface area contributed by atoms with Crippen molar-refractivity contribution in [3.05, 3.63) is 71.9 Å². The summed E-state index contributed by atoms with van der Waals surface area (Å²) in [4.78, 5) is 12.3. The molecule has 2 N–H and O–H groups in total. The third kappa shape index (κ3) is 3.92. The second kappa shape index (κ2) is 8.27. The van der Waals surface area contributed by atoms with E-state index in [1.165, 1.54) is 5.56 Å². The number of carbonyl (C=O) groups is 1. The fourth-order valence-corrected chi connectivity index (χ4v) is 3.44. The Hall–Kier alpha value is -3.12. The number of hydrogen-bond donors (Lipinski definition) is 2.